The molecule has 11 heteroatoms. The molecule has 0 bridgehead atoms. The average Bonchev–Trinajstić information content (AvgIpc) is 3.36. The minimum atomic E-state index is -0.455. The maximum absolute atomic E-state index is 13.4. The zero-order valence-corrected chi connectivity index (χ0v) is 19.8. The number of rotatable bonds is 6. The molecule has 0 amide bonds. The highest BCUT2D eigenvalue weighted by Crippen LogP contribution is 2.35. The predicted octanol–water partition coefficient (Wildman–Crippen LogP) is 1.76. The number of hydrogen-bond donors (Lipinski definition) is 1. The van der Waals surface area contributed by atoms with E-state index in [0.717, 1.165) is 16.7 Å². The van der Waals surface area contributed by atoms with Crippen LogP contribution in [0.5, 0.6) is 17.2 Å². The molecular formula is C25H26N6O5. The second kappa shape index (κ2) is 9.59. The Kier molecular flexibility index (Phi) is 5.99. The lowest BCUT2D eigenvalue weighted by Crippen LogP contribution is -2.42. The van der Waals surface area contributed by atoms with Crippen LogP contribution in [0.25, 0.3) is 10.9 Å². The number of morpholine rings is 1. The van der Waals surface area contributed by atoms with Gasteiger partial charge in [-0.05, 0) is 40.3 Å². The van der Waals surface area contributed by atoms with Gasteiger partial charge in [0.2, 0.25) is 0 Å². The highest BCUT2D eigenvalue weighted by atomic mass is 16.6. The third-order valence-electron chi connectivity index (χ3n) is 6.54. The monoisotopic (exact) mass is 490 g/mol. The average molecular weight is 491 g/mol. The fourth-order valence-electron chi connectivity index (χ4n) is 4.72. The van der Waals surface area contributed by atoms with Gasteiger partial charge in [-0.25, -0.2) is 4.68 Å². The smallest absolute Gasteiger partial charge is 0.253 e. The fraction of sp³-hybridized carbons (Fsp3) is 0.360. The molecule has 0 spiro atoms. The molecule has 11 nitrogen and oxygen atoms in total. The topological polar surface area (TPSA) is 117 Å². The Morgan fingerprint density at radius 1 is 1.03 bits per heavy atom. The molecule has 6 rings (SSSR count). The number of ether oxygens (including phenoxy) is 4. The van der Waals surface area contributed by atoms with Crippen molar-refractivity contribution >= 4 is 10.9 Å². The van der Waals surface area contributed by atoms with Gasteiger partial charge in [-0.2, -0.15) is 0 Å². The lowest BCUT2D eigenvalue weighted by molar-refractivity contribution is 0.0214. The van der Waals surface area contributed by atoms with Crippen LogP contribution in [-0.2, 0) is 11.3 Å². The molecule has 1 atom stereocenters. The first-order valence-corrected chi connectivity index (χ1v) is 11.9. The lowest BCUT2D eigenvalue weighted by atomic mass is 10.0. The van der Waals surface area contributed by atoms with Crippen LogP contribution in [0.2, 0.25) is 0 Å². The van der Waals surface area contributed by atoms with Crippen molar-refractivity contribution in [3.8, 4) is 17.2 Å². The molecule has 2 aliphatic rings. The van der Waals surface area contributed by atoms with Gasteiger partial charge < -0.3 is 23.9 Å². The number of benzene rings is 2. The maximum atomic E-state index is 13.4. The maximum Gasteiger partial charge on any atom is 0.253 e. The Labute approximate surface area is 206 Å². The number of aromatic nitrogens is 5. The molecule has 1 N–H and O–H groups in total. The van der Waals surface area contributed by atoms with E-state index in [1.807, 2.05) is 42.5 Å². The van der Waals surface area contributed by atoms with Crippen molar-refractivity contribution in [1.82, 2.24) is 30.1 Å². The lowest BCUT2D eigenvalue weighted by Gasteiger charge is -2.33. The van der Waals surface area contributed by atoms with Gasteiger partial charge in [-0.3, -0.25) is 9.69 Å². The number of tetrazole rings is 1. The summed E-state index contributed by atoms with van der Waals surface area (Å²) in [7, 11) is 1.64. The third-order valence-corrected chi connectivity index (χ3v) is 6.54. The second-order valence-electron chi connectivity index (χ2n) is 8.73. The van der Waals surface area contributed by atoms with Gasteiger partial charge >= 0.3 is 0 Å². The van der Waals surface area contributed by atoms with Gasteiger partial charge in [0.05, 0.1) is 32.4 Å². The van der Waals surface area contributed by atoms with Crippen LogP contribution in [0.15, 0.2) is 47.3 Å². The quantitative estimate of drug-likeness (QED) is 0.432. The third kappa shape index (κ3) is 4.27. The second-order valence-corrected chi connectivity index (χ2v) is 8.73. The normalized spacial score (nSPS) is 16.7. The van der Waals surface area contributed by atoms with Crippen molar-refractivity contribution in [2.45, 2.75) is 12.6 Å². The SMILES string of the molecule is COc1ccc(Cn2nnnc2[C@H](c2cc3cc4c(cc3[nH]c2=O)OCCO4)N2CCOCC2)cc1. The molecule has 36 heavy (non-hydrogen) atoms. The Bertz CT molecular complexity index is 1430. The van der Waals surface area contributed by atoms with E-state index in [9.17, 15) is 4.79 Å². The van der Waals surface area contributed by atoms with Crippen LogP contribution >= 0.6 is 0 Å². The fourth-order valence-corrected chi connectivity index (χ4v) is 4.72. The van der Waals surface area contributed by atoms with E-state index in [1.54, 1.807) is 11.8 Å². The number of H-pyrrole nitrogens is 1. The van der Waals surface area contributed by atoms with Crippen molar-refractivity contribution in [2.75, 3.05) is 46.6 Å². The molecule has 0 saturated carbocycles. The molecule has 2 aromatic carbocycles. The summed E-state index contributed by atoms with van der Waals surface area (Å²) in [5.74, 6) is 2.67. The van der Waals surface area contributed by atoms with Crippen molar-refractivity contribution in [3.63, 3.8) is 0 Å². The zero-order chi connectivity index (χ0) is 24.5. The molecular weight excluding hydrogens is 464 g/mol. The number of hydrogen-bond acceptors (Lipinski definition) is 9. The van der Waals surface area contributed by atoms with Crippen LogP contribution in [0.3, 0.4) is 0 Å². The van der Waals surface area contributed by atoms with Gasteiger partial charge in [-0.1, -0.05) is 12.1 Å². The summed E-state index contributed by atoms with van der Waals surface area (Å²) >= 11 is 0. The van der Waals surface area contributed by atoms with E-state index in [0.29, 0.717) is 74.5 Å². The van der Waals surface area contributed by atoms with E-state index in [2.05, 4.69) is 25.4 Å². The van der Waals surface area contributed by atoms with Gasteiger partial charge in [0, 0.05) is 30.1 Å². The molecule has 4 heterocycles. The summed E-state index contributed by atoms with van der Waals surface area (Å²) in [6.45, 7) is 3.87. The summed E-state index contributed by atoms with van der Waals surface area (Å²) in [4.78, 5) is 18.7. The molecule has 0 unspecified atom stereocenters. The van der Waals surface area contributed by atoms with Crippen molar-refractivity contribution in [1.29, 1.82) is 0 Å². The predicted molar refractivity (Wildman–Crippen MR) is 130 cm³/mol. The number of aromatic amines is 1. The molecule has 2 aliphatic heterocycles. The van der Waals surface area contributed by atoms with Crippen LogP contribution < -0.4 is 19.8 Å². The van der Waals surface area contributed by atoms with Gasteiger partial charge in [0.25, 0.3) is 5.56 Å². The van der Waals surface area contributed by atoms with E-state index >= 15 is 0 Å². The van der Waals surface area contributed by atoms with Gasteiger partial charge in [0.1, 0.15) is 25.0 Å². The van der Waals surface area contributed by atoms with Crippen molar-refractivity contribution < 1.29 is 18.9 Å². The van der Waals surface area contributed by atoms with E-state index < -0.39 is 6.04 Å². The first kappa shape index (κ1) is 22.5. The van der Waals surface area contributed by atoms with E-state index in [4.69, 9.17) is 18.9 Å². The Hall–Kier alpha value is -3.96. The zero-order valence-electron chi connectivity index (χ0n) is 19.8. The Morgan fingerprint density at radius 3 is 2.53 bits per heavy atom. The summed E-state index contributed by atoms with van der Waals surface area (Å²) in [5.41, 5.74) is 2.06. The molecule has 0 aliphatic carbocycles. The van der Waals surface area contributed by atoms with Crippen LogP contribution in [0, 0.1) is 0 Å². The summed E-state index contributed by atoms with van der Waals surface area (Å²) in [5, 5.41) is 13.5. The first-order valence-electron chi connectivity index (χ1n) is 11.9. The first-order chi connectivity index (χ1) is 17.7. The van der Waals surface area contributed by atoms with Crippen molar-refractivity contribution in [3.05, 3.63) is 69.8 Å². The molecule has 1 fully saturated rings. The number of nitrogens with zero attached hydrogens (tertiary/aromatic N) is 5. The van der Waals surface area contributed by atoms with E-state index in [1.165, 1.54) is 0 Å². The number of fused-ring (bicyclic) bond motifs is 2. The molecule has 4 aromatic rings. The van der Waals surface area contributed by atoms with Crippen LogP contribution in [0.1, 0.15) is 23.0 Å². The summed E-state index contributed by atoms with van der Waals surface area (Å²) < 4.78 is 24.0. The van der Waals surface area contributed by atoms with Crippen molar-refractivity contribution in [2.24, 2.45) is 0 Å². The number of nitrogens with one attached hydrogen (secondary N) is 1. The highest BCUT2D eigenvalue weighted by Gasteiger charge is 2.32. The van der Waals surface area contributed by atoms with Crippen LogP contribution in [0.4, 0.5) is 0 Å². The highest BCUT2D eigenvalue weighted by molar-refractivity contribution is 5.83. The summed E-state index contributed by atoms with van der Waals surface area (Å²) in [6.07, 6.45) is 0. The van der Waals surface area contributed by atoms with Gasteiger partial charge in [-0.15, -0.1) is 5.10 Å². The standard InChI is InChI=1S/C25H26N6O5/c1-33-18-4-2-16(3-5-18)15-31-24(27-28-29-31)23(30-6-8-34-9-7-30)19-12-17-13-21-22(36-11-10-35-21)14-20(17)26-25(19)32/h2-5,12-14,23H,6-11,15H2,1H3,(H,26,32)/t23-/m0/s1. The number of methoxy groups -OCH3 is 1. The minimum absolute atomic E-state index is 0.199. The molecule has 2 aromatic heterocycles. The van der Waals surface area contributed by atoms with E-state index in [-0.39, 0.29) is 5.56 Å². The Balaban J connectivity index is 1.43. The van der Waals surface area contributed by atoms with Gasteiger partial charge in [0.15, 0.2) is 17.3 Å². The molecule has 0 radical (unpaired) electrons. The Morgan fingerprint density at radius 2 is 1.78 bits per heavy atom. The number of pyridine rings is 1. The largest absolute Gasteiger partial charge is 0.497 e. The van der Waals surface area contributed by atoms with Crippen LogP contribution in [-0.4, -0.2) is 76.7 Å². The summed E-state index contributed by atoms with van der Waals surface area (Å²) in [6, 6.07) is 12.9. The molecule has 1 saturated heterocycles. The minimum Gasteiger partial charge on any atom is -0.497 e. The molecule has 186 valence electrons.